The Bertz CT molecular complexity index is 1530. The number of benzene rings is 3. The van der Waals surface area contributed by atoms with Gasteiger partial charge in [-0.15, -0.1) is 0 Å². The fourth-order valence-electron chi connectivity index (χ4n) is 3.64. The van der Waals surface area contributed by atoms with Gasteiger partial charge in [-0.3, -0.25) is 14.3 Å². The number of aromatic nitrogens is 2. The number of rotatable bonds is 7. The molecule has 4 aromatic rings. The number of amides is 1. The molecule has 3 aromatic carbocycles. The number of carbonyl (C=O) groups excluding carboxylic acids is 1. The van der Waals surface area contributed by atoms with Gasteiger partial charge < -0.3 is 9.88 Å². The Morgan fingerprint density at radius 3 is 2.31 bits per heavy atom. The van der Waals surface area contributed by atoms with Gasteiger partial charge in [-0.1, -0.05) is 29.8 Å². The van der Waals surface area contributed by atoms with Gasteiger partial charge in [0, 0.05) is 17.3 Å². The summed E-state index contributed by atoms with van der Waals surface area (Å²) >= 11 is 0. The van der Waals surface area contributed by atoms with Crippen LogP contribution >= 0.6 is 0 Å². The number of aryl methyl sites for hydroxylation is 1. The van der Waals surface area contributed by atoms with Crippen LogP contribution in [0.4, 0.5) is 5.69 Å². The van der Waals surface area contributed by atoms with Gasteiger partial charge in [0.2, 0.25) is 0 Å². The van der Waals surface area contributed by atoms with Crippen LogP contribution in [0.15, 0.2) is 82.5 Å². The number of sulfonamides is 1. The molecule has 8 nitrogen and oxygen atoms in total. The molecule has 0 radical (unpaired) electrons. The minimum atomic E-state index is -3.80. The predicted octanol–water partition coefficient (Wildman–Crippen LogP) is 4.08. The average molecular weight is 491 g/mol. The standard InChI is InChI=1S/C26H26N4O4S/c1-17(2)30(16-24-27-23-7-5-4-6-22(23)25(31)28-24)26(32)19-10-14-21(15-11-19)35(33,34)29-20-12-8-18(3)9-13-20/h4-15,17,29H,16H2,1-3H3,(H,27,28,31). The van der Waals surface area contributed by atoms with Gasteiger partial charge in [-0.05, 0) is 69.3 Å². The zero-order chi connectivity index (χ0) is 25.2. The first-order valence-corrected chi connectivity index (χ1v) is 12.6. The molecule has 4 rings (SSSR count). The second kappa shape index (κ2) is 9.71. The summed E-state index contributed by atoms with van der Waals surface area (Å²) in [6, 6.07) is 19.6. The Balaban J connectivity index is 1.55. The van der Waals surface area contributed by atoms with E-state index in [1.54, 1.807) is 41.3 Å². The molecule has 1 amide bonds. The number of fused-ring (bicyclic) bond motifs is 1. The molecule has 35 heavy (non-hydrogen) atoms. The Hall–Kier alpha value is -3.98. The molecule has 1 aromatic heterocycles. The van der Waals surface area contributed by atoms with E-state index in [2.05, 4.69) is 14.7 Å². The van der Waals surface area contributed by atoms with Crippen LogP contribution in [0, 0.1) is 6.92 Å². The molecule has 180 valence electrons. The fourth-order valence-corrected chi connectivity index (χ4v) is 4.70. The van der Waals surface area contributed by atoms with Gasteiger partial charge >= 0.3 is 0 Å². The molecule has 1 heterocycles. The molecule has 0 atom stereocenters. The van der Waals surface area contributed by atoms with E-state index in [9.17, 15) is 18.0 Å². The normalized spacial score (nSPS) is 11.5. The van der Waals surface area contributed by atoms with Crippen LogP contribution in [0.5, 0.6) is 0 Å². The Morgan fingerprint density at radius 1 is 1.00 bits per heavy atom. The molecule has 0 aliphatic rings. The first-order chi connectivity index (χ1) is 16.6. The summed E-state index contributed by atoms with van der Waals surface area (Å²) in [5.41, 5.74) is 2.10. The highest BCUT2D eigenvalue weighted by atomic mass is 32.2. The minimum Gasteiger partial charge on any atom is -0.329 e. The molecule has 0 saturated carbocycles. The highest BCUT2D eigenvalue weighted by molar-refractivity contribution is 7.92. The Kier molecular flexibility index (Phi) is 6.70. The van der Waals surface area contributed by atoms with Crippen molar-refractivity contribution in [3.8, 4) is 0 Å². The van der Waals surface area contributed by atoms with Crippen molar-refractivity contribution >= 4 is 32.5 Å². The predicted molar refractivity (Wildman–Crippen MR) is 136 cm³/mol. The Labute approximate surface area is 203 Å². The summed E-state index contributed by atoms with van der Waals surface area (Å²) in [6.45, 7) is 5.75. The Morgan fingerprint density at radius 2 is 1.66 bits per heavy atom. The van der Waals surface area contributed by atoms with Crippen molar-refractivity contribution in [2.75, 3.05) is 4.72 Å². The van der Waals surface area contributed by atoms with Crippen molar-refractivity contribution in [2.24, 2.45) is 0 Å². The molecule has 0 bridgehead atoms. The fraction of sp³-hybridized carbons (Fsp3) is 0.192. The quantitative estimate of drug-likeness (QED) is 0.405. The smallest absolute Gasteiger partial charge is 0.261 e. The van der Waals surface area contributed by atoms with E-state index in [-0.39, 0.29) is 28.9 Å². The summed E-state index contributed by atoms with van der Waals surface area (Å²) in [7, 11) is -3.80. The van der Waals surface area contributed by atoms with Crippen LogP contribution in [0.2, 0.25) is 0 Å². The molecule has 0 fully saturated rings. The second-order valence-electron chi connectivity index (χ2n) is 8.55. The lowest BCUT2D eigenvalue weighted by atomic mass is 10.1. The van der Waals surface area contributed by atoms with Crippen molar-refractivity contribution in [1.29, 1.82) is 0 Å². The van der Waals surface area contributed by atoms with Crippen molar-refractivity contribution in [3.63, 3.8) is 0 Å². The third kappa shape index (κ3) is 5.41. The second-order valence-corrected chi connectivity index (χ2v) is 10.2. The third-order valence-corrected chi connectivity index (χ3v) is 6.98. The van der Waals surface area contributed by atoms with Gasteiger partial charge in [0.1, 0.15) is 5.82 Å². The monoisotopic (exact) mass is 490 g/mol. The maximum Gasteiger partial charge on any atom is 0.261 e. The number of nitrogens with one attached hydrogen (secondary N) is 2. The average Bonchev–Trinajstić information content (AvgIpc) is 2.83. The summed E-state index contributed by atoms with van der Waals surface area (Å²) < 4.78 is 28.0. The number of anilines is 1. The summed E-state index contributed by atoms with van der Waals surface area (Å²) in [6.07, 6.45) is 0. The van der Waals surface area contributed by atoms with Crippen molar-refractivity contribution < 1.29 is 13.2 Å². The number of carbonyl (C=O) groups is 1. The molecule has 2 N–H and O–H groups in total. The maximum absolute atomic E-state index is 13.3. The third-order valence-electron chi connectivity index (χ3n) is 5.58. The van der Waals surface area contributed by atoms with Crippen LogP contribution in [0.3, 0.4) is 0 Å². The van der Waals surface area contributed by atoms with Gasteiger partial charge in [0.15, 0.2) is 0 Å². The van der Waals surface area contributed by atoms with E-state index in [4.69, 9.17) is 0 Å². The van der Waals surface area contributed by atoms with Crippen LogP contribution in [-0.2, 0) is 16.6 Å². The summed E-state index contributed by atoms with van der Waals surface area (Å²) in [5, 5.41) is 0.481. The van der Waals surface area contributed by atoms with E-state index in [1.165, 1.54) is 24.3 Å². The molecule has 0 spiro atoms. The van der Waals surface area contributed by atoms with Crippen molar-refractivity contribution in [3.05, 3.63) is 100 Å². The zero-order valence-electron chi connectivity index (χ0n) is 19.6. The molecular formula is C26H26N4O4S. The van der Waals surface area contributed by atoms with Gasteiger partial charge in [-0.25, -0.2) is 13.4 Å². The highest BCUT2D eigenvalue weighted by Gasteiger charge is 2.22. The molecule has 9 heteroatoms. The molecule has 0 aliphatic heterocycles. The highest BCUT2D eigenvalue weighted by Crippen LogP contribution is 2.19. The van der Waals surface area contributed by atoms with Crippen LogP contribution in [-0.4, -0.2) is 35.2 Å². The summed E-state index contributed by atoms with van der Waals surface area (Å²) in [4.78, 5) is 34.5. The van der Waals surface area contributed by atoms with E-state index < -0.39 is 10.0 Å². The van der Waals surface area contributed by atoms with E-state index >= 15 is 0 Å². The van der Waals surface area contributed by atoms with Crippen molar-refractivity contribution in [2.45, 2.75) is 38.3 Å². The van der Waals surface area contributed by atoms with Gasteiger partial charge in [0.25, 0.3) is 21.5 Å². The maximum atomic E-state index is 13.3. The summed E-state index contributed by atoms with van der Waals surface area (Å²) in [5.74, 6) is 0.0727. The first kappa shape index (κ1) is 24.2. The van der Waals surface area contributed by atoms with E-state index in [0.29, 0.717) is 28.0 Å². The lowest BCUT2D eigenvalue weighted by Crippen LogP contribution is -2.37. The topological polar surface area (TPSA) is 112 Å². The number of aromatic amines is 1. The number of hydrogen-bond donors (Lipinski definition) is 2. The number of hydrogen-bond acceptors (Lipinski definition) is 5. The van der Waals surface area contributed by atoms with Crippen LogP contribution in [0.25, 0.3) is 10.9 Å². The van der Waals surface area contributed by atoms with Gasteiger partial charge in [0.05, 0.1) is 22.3 Å². The largest absolute Gasteiger partial charge is 0.329 e. The van der Waals surface area contributed by atoms with Crippen molar-refractivity contribution in [1.82, 2.24) is 14.9 Å². The lowest BCUT2D eigenvalue weighted by molar-refractivity contribution is 0.0685. The molecular weight excluding hydrogens is 464 g/mol. The molecule has 0 aliphatic carbocycles. The zero-order valence-corrected chi connectivity index (χ0v) is 20.5. The SMILES string of the molecule is Cc1ccc(NS(=O)(=O)c2ccc(C(=O)N(Cc3nc4ccccc4c(=O)[nH]3)C(C)C)cc2)cc1. The number of H-pyrrole nitrogens is 1. The van der Waals surface area contributed by atoms with Crippen LogP contribution < -0.4 is 10.3 Å². The number of nitrogens with zero attached hydrogens (tertiary/aromatic N) is 2. The number of para-hydroxylation sites is 1. The molecule has 0 unspecified atom stereocenters. The molecule has 0 saturated heterocycles. The van der Waals surface area contributed by atoms with E-state index in [0.717, 1.165) is 5.56 Å². The minimum absolute atomic E-state index is 0.0475. The van der Waals surface area contributed by atoms with E-state index in [1.807, 2.05) is 32.9 Å². The first-order valence-electron chi connectivity index (χ1n) is 11.1. The van der Waals surface area contributed by atoms with Gasteiger partial charge in [-0.2, -0.15) is 0 Å². The van der Waals surface area contributed by atoms with Crippen LogP contribution in [0.1, 0.15) is 35.6 Å². The lowest BCUT2D eigenvalue weighted by Gasteiger charge is -2.26.